The smallest absolute Gasteiger partial charge is 0.335 e. The number of rotatable bonds is 3. The Morgan fingerprint density at radius 3 is 2.82 bits per heavy atom. The van der Waals surface area contributed by atoms with Crippen molar-refractivity contribution in [3.8, 4) is 11.3 Å². The molecule has 1 aromatic heterocycles. The first-order valence-electron chi connectivity index (χ1n) is 6.21. The number of carboxylic acid groups (broad SMARTS) is 1. The lowest BCUT2D eigenvalue weighted by Gasteiger charge is -1.99. The van der Waals surface area contributed by atoms with Crippen LogP contribution < -0.4 is 5.32 Å². The van der Waals surface area contributed by atoms with Crippen LogP contribution in [0, 0.1) is 0 Å². The zero-order chi connectivity index (χ0) is 15.7. The Balaban J connectivity index is 1.90. The number of thiocarbonyl (C=S) groups is 1. The lowest BCUT2D eigenvalue weighted by atomic mass is 10.1. The van der Waals surface area contributed by atoms with E-state index in [1.165, 1.54) is 23.9 Å². The third kappa shape index (κ3) is 2.95. The molecule has 1 aliphatic rings. The van der Waals surface area contributed by atoms with E-state index in [1.54, 1.807) is 30.3 Å². The number of furan rings is 1. The van der Waals surface area contributed by atoms with E-state index in [0.29, 0.717) is 26.3 Å². The van der Waals surface area contributed by atoms with Crippen molar-refractivity contribution in [2.45, 2.75) is 0 Å². The van der Waals surface area contributed by atoms with Gasteiger partial charge in [0.05, 0.1) is 10.5 Å². The maximum absolute atomic E-state index is 11.6. The summed E-state index contributed by atoms with van der Waals surface area (Å²) in [5.74, 6) is -0.219. The quantitative estimate of drug-likeness (QED) is 0.664. The highest BCUT2D eigenvalue weighted by atomic mass is 32.2. The molecule has 2 N–H and O–H groups in total. The highest BCUT2D eigenvalue weighted by Crippen LogP contribution is 2.29. The summed E-state index contributed by atoms with van der Waals surface area (Å²) < 4.78 is 6.06. The van der Waals surface area contributed by atoms with Gasteiger partial charge in [-0.05, 0) is 24.3 Å². The monoisotopic (exact) mass is 331 g/mol. The number of aromatic carboxylic acids is 1. The number of carboxylic acids is 1. The summed E-state index contributed by atoms with van der Waals surface area (Å²) in [6.07, 6.45) is 1.60. The molecule has 22 heavy (non-hydrogen) atoms. The lowest BCUT2D eigenvalue weighted by Crippen LogP contribution is -2.17. The van der Waals surface area contributed by atoms with Crippen molar-refractivity contribution < 1.29 is 19.1 Å². The van der Waals surface area contributed by atoms with Crippen molar-refractivity contribution in [2.24, 2.45) is 0 Å². The number of carbonyl (C=O) groups is 2. The maximum atomic E-state index is 11.6. The highest BCUT2D eigenvalue weighted by Gasteiger charge is 2.22. The average Bonchev–Trinajstić information content (AvgIpc) is 3.06. The van der Waals surface area contributed by atoms with Crippen LogP contribution in [0.5, 0.6) is 0 Å². The first kappa shape index (κ1) is 14.6. The Kier molecular flexibility index (Phi) is 3.82. The molecule has 0 atom stereocenters. The summed E-state index contributed by atoms with van der Waals surface area (Å²) in [6.45, 7) is 0. The van der Waals surface area contributed by atoms with Crippen LogP contribution in [0.25, 0.3) is 17.4 Å². The molecule has 0 saturated carbocycles. The number of benzene rings is 1. The Bertz CT molecular complexity index is 822. The minimum Gasteiger partial charge on any atom is -0.478 e. The summed E-state index contributed by atoms with van der Waals surface area (Å²) in [7, 11) is 0. The Labute approximate surface area is 135 Å². The van der Waals surface area contributed by atoms with Gasteiger partial charge in [0.25, 0.3) is 5.91 Å². The van der Waals surface area contributed by atoms with Crippen LogP contribution in [0.15, 0.2) is 45.7 Å². The van der Waals surface area contributed by atoms with Crippen LogP contribution in [-0.4, -0.2) is 21.3 Å². The summed E-state index contributed by atoms with van der Waals surface area (Å²) in [5.41, 5.74) is 0.841. The van der Waals surface area contributed by atoms with Crippen LogP contribution in [0.2, 0.25) is 0 Å². The summed E-state index contributed by atoms with van der Waals surface area (Å²) in [6, 6.07) is 9.89. The molecule has 0 radical (unpaired) electrons. The highest BCUT2D eigenvalue weighted by molar-refractivity contribution is 8.26. The molecule has 0 bridgehead atoms. The average molecular weight is 331 g/mol. The van der Waals surface area contributed by atoms with Gasteiger partial charge in [-0.2, -0.15) is 0 Å². The molecular weight excluding hydrogens is 322 g/mol. The van der Waals surface area contributed by atoms with E-state index >= 15 is 0 Å². The second-order valence-electron chi connectivity index (χ2n) is 4.44. The van der Waals surface area contributed by atoms with Crippen molar-refractivity contribution in [1.82, 2.24) is 5.32 Å². The second-order valence-corrected chi connectivity index (χ2v) is 6.16. The number of thioether (sulfide) groups is 1. The molecule has 5 nitrogen and oxygen atoms in total. The van der Waals surface area contributed by atoms with Gasteiger partial charge in [-0.15, -0.1) is 0 Å². The van der Waals surface area contributed by atoms with E-state index in [0.717, 1.165) is 0 Å². The molecule has 0 spiro atoms. The molecular formula is C15H9NO4S2. The van der Waals surface area contributed by atoms with Crippen molar-refractivity contribution in [2.75, 3.05) is 0 Å². The first-order valence-corrected chi connectivity index (χ1v) is 7.44. The predicted octanol–water partition coefficient (Wildman–Crippen LogP) is 3.13. The molecule has 3 rings (SSSR count). The van der Waals surface area contributed by atoms with Crippen LogP contribution in [0.3, 0.4) is 0 Å². The van der Waals surface area contributed by atoms with Crippen LogP contribution >= 0.6 is 24.0 Å². The van der Waals surface area contributed by atoms with E-state index in [4.69, 9.17) is 21.7 Å². The van der Waals surface area contributed by atoms with Crippen molar-refractivity contribution in [3.05, 3.63) is 52.6 Å². The normalized spacial score (nSPS) is 16.1. The van der Waals surface area contributed by atoms with Gasteiger partial charge in [-0.25, -0.2) is 4.79 Å². The van der Waals surface area contributed by atoms with E-state index in [2.05, 4.69) is 5.32 Å². The third-order valence-electron chi connectivity index (χ3n) is 2.94. The van der Waals surface area contributed by atoms with Gasteiger partial charge in [-0.3, -0.25) is 4.79 Å². The van der Waals surface area contributed by atoms with Gasteiger partial charge in [-0.1, -0.05) is 36.1 Å². The topological polar surface area (TPSA) is 79.5 Å². The van der Waals surface area contributed by atoms with Crippen LogP contribution in [0.1, 0.15) is 16.1 Å². The van der Waals surface area contributed by atoms with E-state index < -0.39 is 5.97 Å². The van der Waals surface area contributed by atoms with E-state index in [9.17, 15) is 9.59 Å². The number of amides is 1. The fourth-order valence-electron chi connectivity index (χ4n) is 1.94. The molecule has 0 aliphatic carbocycles. The SMILES string of the molecule is O=C1NC(=S)S/C1=C/c1ccc(-c2cccc(C(=O)O)c2)o1. The molecule has 1 saturated heterocycles. The molecule has 1 aromatic carbocycles. The Hall–Kier alpha value is -2.38. The number of hydrogen-bond acceptors (Lipinski definition) is 5. The first-order chi connectivity index (χ1) is 10.5. The molecule has 2 heterocycles. The van der Waals surface area contributed by atoms with Crippen molar-refractivity contribution >= 4 is 46.3 Å². The third-order valence-corrected chi connectivity index (χ3v) is 4.10. The zero-order valence-corrected chi connectivity index (χ0v) is 12.7. The molecule has 110 valence electrons. The van der Waals surface area contributed by atoms with Gasteiger partial charge in [0.2, 0.25) is 0 Å². The molecule has 7 heteroatoms. The fraction of sp³-hybridized carbons (Fsp3) is 0. The van der Waals surface area contributed by atoms with Crippen LogP contribution in [-0.2, 0) is 4.79 Å². The van der Waals surface area contributed by atoms with Gasteiger partial charge in [0.15, 0.2) is 0 Å². The second kappa shape index (κ2) is 5.78. The zero-order valence-electron chi connectivity index (χ0n) is 11.0. The van der Waals surface area contributed by atoms with E-state index in [-0.39, 0.29) is 11.5 Å². The maximum Gasteiger partial charge on any atom is 0.335 e. The van der Waals surface area contributed by atoms with E-state index in [1.807, 2.05) is 0 Å². The molecule has 1 fully saturated rings. The lowest BCUT2D eigenvalue weighted by molar-refractivity contribution is -0.115. The number of hydrogen-bond donors (Lipinski definition) is 2. The largest absolute Gasteiger partial charge is 0.478 e. The summed E-state index contributed by atoms with van der Waals surface area (Å²) in [5, 5.41) is 11.5. The predicted molar refractivity (Wildman–Crippen MR) is 87.4 cm³/mol. The standard InChI is InChI=1S/C15H9NO4S2/c17-13-12(22-15(21)16-13)7-10-4-5-11(20-10)8-2-1-3-9(6-8)14(18)19/h1-7H,(H,18,19)(H,16,17,21)/b12-7+. The summed E-state index contributed by atoms with van der Waals surface area (Å²) >= 11 is 6.09. The summed E-state index contributed by atoms with van der Waals surface area (Å²) in [4.78, 5) is 23.0. The molecule has 2 aromatic rings. The molecule has 1 amide bonds. The van der Waals surface area contributed by atoms with Crippen LogP contribution in [0.4, 0.5) is 0 Å². The minimum absolute atomic E-state index is 0.185. The van der Waals surface area contributed by atoms with Gasteiger partial charge in [0, 0.05) is 11.6 Å². The fourth-order valence-corrected chi connectivity index (χ4v) is 2.97. The van der Waals surface area contributed by atoms with Crippen molar-refractivity contribution in [3.63, 3.8) is 0 Å². The molecule has 1 aliphatic heterocycles. The molecule has 0 unspecified atom stereocenters. The number of carbonyl (C=O) groups excluding carboxylic acids is 1. The van der Waals surface area contributed by atoms with Gasteiger partial charge < -0.3 is 14.8 Å². The number of nitrogens with one attached hydrogen (secondary N) is 1. The van der Waals surface area contributed by atoms with Gasteiger partial charge >= 0.3 is 5.97 Å². The minimum atomic E-state index is -0.997. The van der Waals surface area contributed by atoms with Gasteiger partial charge in [0.1, 0.15) is 15.8 Å². The Morgan fingerprint density at radius 1 is 1.32 bits per heavy atom. The Morgan fingerprint density at radius 2 is 2.14 bits per heavy atom. The van der Waals surface area contributed by atoms with Crippen molar-refractivity contribution in [1.29, 1.82) is 0 Å².